The van der Waals surface area contributed by atoms with Gasteiger partial charge in [-0.3, -0.25) is 4.98 Å². The van der Waals surface area contributed by atoms with Gasteiger partial charge in [0.05, 0.1) is 16.9 Å². The van der Waals surface area contributed by atoms with Crippen molar-refractivity contribution in [3.63, 3.8) is 0 Å². The van der Waals surface area contributed by atoms with Crippen LogP contribution in [-0.2, 0) is 6.61 Å². The van der Waals surface area contributed by atoms with Crippen molar-refractivity contribution in [3.8, 4) is 17.2 Å². The highest BCUT2D eigenvalue weighted by molar-refractivity contribution is 5.78. The number of hydrogen-bond donors (Lipinski definition) is 1. The Labute approximate surface area is 180 Å². The van der Waals surface area contributed by atoms with Gasteiger partial charge in [-0.2, -0.15) is 0 Å². The molecule has 2 aromatic carbocycles. The van der Waals surface area contributed by atoms with Crippen LogP contribution in [0.2, 0.25) is 0 Å². The third kappa shape index (κ3) is 4.02. The molecule has 1 aliphatic heterocycles. The lowest BCUT2D eigenvalue weighted by Gasteiger charge is -2.31. The van der Waals surface area contributed by atoms with Crippen LogP contribution in [0.5, 0.6) is 17.2 Å². The lowest BCUT2D eigenvalue weighted by molar-refractivity contribution is -0.0109. The minimum absolute atomic E-state index is 0.254. The summed E-state index contributed by atoms with van der Waals surface area (Å²) in [5, 5.41) is 12.0. The number of aryl methyl sites for hydroxylation is 1. The van der Waals surface area contributed by atoms with E-state index in [9.17, 15) is 5.11 Å². The number of aliphatic hydroxyl groups is 1. The molecule has 0 saturated carbocycles. The lowest BCUT2D eigenvalue weighted by Crippen LogP contribution is -2.35. The number of ether oxygens (including phenoxy) is 3. The summed E-state index contributed by atoms with van der Waals surface area (Å²) in [5.41, 5.74) is 3.17. The molecule has 6 nitrogen and oxygen atoms in total. The van der Waals surface area contributed by atoms with Crippen LogP contribution in [0, 0.1) is 6.92 Å². The topological polar surface area (TPSA) is 73.7 Å². The summed E-state index contributed by atoms with van der Waals surface area (Å²) in [6.45, 7) is 2.45. The van der Waals surface area contributed by atoms with Gasteiger partial charge in [-0.05, 0) is 49.4 Å². The first kappa shape index (κ1) is 19.3. The van der Waals surface area contributed by atoms with Crippen molar-refractivity contribution in [2.45, 2.75) is 25.7 Å². The maximum atomic E-state index is 10.9. The molecule has 6 heteroatoms. The molecule has 0 unspecified atom stereocenters. The van der Waals surface area contributed by atoms with Gasteiger partial charge in [-0.25, -0.2) is 4.98 Å². The predicted molar refractivity (Wildman–Crippen MR) is 116 cm³/mol. The fraction of sp³-hybridized carbons (Fsp3) is 0.200. The Hall–Kier alpha value is -3.64. The molecule has 0 aliphatic carbocycles. The molecular weight excluding hydrogens is 392 g/mol. The number of fused-ring (bicyclic) bond motifs is 2. The molecule has 0 fully saturated rings. The number of hydrogen-bond acceptors (Lipinski definition) is 6. The van der Waals surface area contributed by atoms with E-state index in [4.69, 9.17) is 14.2 Å². The van der Waals surface area contributed by atoms with Gasteiger partial charge < -0.3 is 19.3 Å². The minimum Gasteiger partial charge on any atom is -0.489 e. The molecule has 0 spiro atoms. The number of benzene rings is 2. The molecule has 0 radical (unpaired) electrons. The van der Waals surface area contributed by atoms with Crippen LogP contribution in [0.3, 0.4) is 0 Å². The van der Waals surface area contributed by atoms with Crippen LogP contribution in [0.4, 0.5) is 0 Å². The van der Waals surface area contributed by atoms with Crippen LogP contribution in [-0.4, -0.2) is 27.8 Å². The summed E-state index contributed by atoms with van der Waals surface area (Å²) >= 11 is 0. The second-order valence-electron chi connectivity index (χ2n) is 7.48. The Morgan fingerprint density at radius 3 is 2.87 bits per heavy atom. The van der Waals surface area contributed by atoms with Crippen molar-refractivity contribution in [3.05, 3.63) is 89.9 Å². The van der Waals surface area contributed by atoms with E-state index >= 15 is 0 Å². The van der Waals surface area contributed by atoms with Gasteiger partial charge in [0.1, 0.15) is 36.6 Å². The van der Waals surface area contributed by atoms with Gasteiger partial charge in [0, 0.05) is 17.1 Å². The van der Waals surface area contributed by atoms with E-state index in [0.29, 0.717) is 29.4 Å². The van der Waals surface area contributed by atoms with Crippen LogP contribution in [0.1, 0.15) is 23.1 Å². The van der Waals surface area contributed by atoms with E-state index in [1.165, 1.54) is 0 Å². The van der Waals surface area contributed by atoms with Gasteiger partial charge in [-0.1, -0.05) is 24.3 Å². The largest absolute Gasteiger partial charge is 0.489 e. The molecule has 2 aromatic heterocycles. The Morgan fingerprint density at radius 1 is 1.06 bits per heavy atom. The first-order valence-corrected chi connectivity index (χ1v) is 10.2. The molecule has 0 saturated heterocycles. The van der Waals surface area contributed by atoms with E-state index in [1.54, 1.807) is 18.3 Å². The Bertz CT molecular complexity index is 1230. The molecule has 5 rings (SSSR count). The summed E-state index contributed by atoms with van der Waals surface area (Å²) in [6, 6.07) is 21.0. The number of aliphatic hydroxyl groups excluding tert-OH is 1. The van der Waals surface area contributed by atoms with E-state index in [-0.39, 0.29) is 6.61 Å². The lowest BCUT2D eigenvalue weighted by atomic mass is 10.0. The molecule has 1 aliphatic rings. The fourth-order valence-corrected chi connectivity index (χ4v) is 3.64. The normalized spacial score (nSPS) is 17.6. The highest BCUT2D eigenvalue weighted by Gasteiger charge is 2.32. The Balaban J connectivity index is 1.31. The van der Waals surface area contributed by atoms with Crippen molar-refractivity contribution in [2.75, 3.05) is 6.61 Å². The maximum absolute atomic E-state index is 10.9. The van der Waals surface area contributed by atoms with Gasteiger partial charge >= 0.3 is 0 Å². The van der Waals surface area contributed by atoms with Crippen molar-refractivity contribution in [1.29, 1.82) is 0 Å². The Kier molecular flexibility index (Phi) is 5.14. The van der Waals surface area contributed by atoms with Crippen LogP contribution in [0.15, 0.2) is 72.9 Å². The fourth-order valence-electron chi connectivity index (χ4n) is 3.64. The summed E-state index contributed by atoms with van der Waals surface area (Å²) < 4.78 is 17.7. The van der Waals surface area contributed by atoms with Crippen LogP contribution < -0.4 is 14.2 Å². The quantitative estimate of drug-likeness (QED) is 0.522. The average molecular weight is 414 g/mol. The first-order valence-electron chi connectivity index (χ1n) is 10.2. The predicted octanol–water partition coefficient (Wildman–Crippen LogP) is 4.39. The summed E-state index contributed by atoms with van der Waals surface area (Å²) in [7, 11) is 0. The monoisotopic (exact) mass is 414 g/mol. The third-order valence-electron chi connectivity index (χ3n) is 5.33. The third-order valence-corrected chi connectivity index (χ3v) is 5.33. The van der Waals surface area contributed by atoms with Crippen LogP contribution in [0.25, 0.3) is 10.9 Å². The molecule has 3 heterocycles. The standard InChI is InChI=1S/C25H22N2O4/c1-16-22(7-4-12-26-16)31-24-15-30-23-11-10-19(13-20(23)25(24)28)29-14-18-9-8-17-5-2-3-6-21(17)27-18/h2-13,24-25,28H,14-15H2,1H3/t24-,25+/m0/s1. The van der Waals surface area contributed by atoms with E-state index in [0.717, 1.165) is 22.3 Å². The number of aromatic nitrogens is 2. The zero-order valence-electron chi connectivity index (χ0n) is 17.1. The molecule has 0 bridgehead atoms. The van der Waals surface area contributed by atoms with E-state index in [1.807, 2.05) is 61.5 Å². The number of pyridine rings is 2. The summed E-state index contributed by atoms with van der Waals surface area (Å²) in [5.74, 6) is 1.90. The highest BCUT2D eigenvalue weighted by atomic mass is 16.5. The van der Waals surface area contributed by atoms with Crippen molar-refractivity contribution >= 4 is 10.9 Å². The van der Waals surface area contributed by atoms with E-state index in [2.05, 4.69) is 9.97 Å². The van der Waals surface area contributed by atoms with E-state index < -0.39 is 12.2 Å². The average Bonchev–Trinajstić information content (AvgIpc) is 2.81. The van der Waals surface area contributed by atoms with Gasteiger partial charge in [0.15, 0.2) is 6.10 Å². The molecule has 1 N–H and O–H groups in total. The number of rotatable bonds is 5. The maximum Gasteiger partial charge on any atom is 0.163 e. The van der Waals surface area contributed by atoms with Crippen molar-refractivity contribution in [1.82, 2.24) is 9.97 Å². The van der Waals surface area contributed by atoms with Crippen molar-refractivity contribution in [2.24, 2.45) is 0 Å². The number of para-hydroxylation sites is 1. The van der Waals surface area contributed by atoms with Gasteiger partial charge in [0.25, 0.3) is 0 Å². The van der Waals surface area contributed by atoms with Gasteiger partial charge in [-0.15, -0.1) is 0 Å². The molecule has 0 amide bonds. The summed E-state index contributed by atoms with van der Waals surface area (Å²) in [6.07, 6.45) is 0.331. The zero-order valence-corrected chi connectivity index (χ0v) is 17.1. The molecule has 31 heavy (non-hydrogen) atoms. The summed E-state index contributed by atoms with van der Waals surface area (Å²) in [4.78, 5) is 8.86. The number of nitrogens with zero attached hydrogens (tertiary/aromatic N) is 2. The second kappa shape index (κ2) is 8.24. The first-order chi connectivity index (χ1) is 15.2. The molecular formula is C25H22N2O4. The van der Waals surface area contributed by atoms with Crippen molar-refractivity contribution < 1.29 is 19.3 Å². The Morgan fingerprint density at radius 2 is 1.97 bits per heavy atom. The molecule has 4 aromatic rings. The van der Waals surface area contributed by atoms with Gasteiger partial charge in [0.2, 0.25) is 0 Å². The minimum atomic E-state index is -0.842. The smallest absolute Gasteiger partial charge is 0.163 e. The van der Waals surface area contributed by atoms with Crippen LogP contribution >= 0.6 is 0 Å². The molecule has 156 valence electrons. The highest BCUT2D eigenvalue weighted by Crippen LogP contribution is 2.37. The molecule has 2 atom stereocenters. The SMILES string of the molecule is Cc1ncccc1O[C@H]1COc2ccc(OCc3ccc4ccccc4n3)cc2[C@H]1O. The zero-order chi connectivity index (χ0) is 21.2. The second-order valence-corrected chi connectivity index (χ2v) is 7.48.